The van der Waals surface area contributed by atoms with Crippen LogP contribution in [0.15, 0.2) is 18.2 Å². The Morgan fingerprint density at radius 2 is 2.09 bits per heavy atom. The molecule has 1 aromatic heterocycles. The first-order chi connectivity index (χ1) is 11.3. The van der Waals surface area contributed by atoms with Crippen LogP contribution in [0.5, 0.6) is 0 Å². The molecule has 2 aliphatic rings. The Morgan fingerprint density at radius 1 is 1.26 bits per heavy atom. The predicted octanol–water partition coefficient (Wildman–Crippen LogP) is 2.33. The molecule has 0 saturated carbocycles. The lowest BCUT2D eigenvalue weighted by Crippen LogP contribution is -2.46. The largest absolute Gasteiger partial charge is 0.336 e. The fourth-order valence-corrected chi connectivity index (χ4v) is 3.90. The number of aryl methyl sites for hydroxylation is 2. The molecule has 0 atom stereocenters. The van der Waals surface area contributed by atoms with Gasteiger partial charge in [0.15, 0.2) is 0 Å². The van der Waals surface area contributed by atoms with Crippen molar-refractivity contribution >= 4 is 16.8 Å². The fourth-order valence-electron chi connectivity index (χ4n) is 3.90. The number of rotatable bonds is 2. The number of pyridine rings is 1. The molecule has 0 bridgehead atoms. The molecular weight excluding hydrogens is 286 g/mol. The first kappa shape index (κ1) is 14.6. The van der Waals surface area contributed by atoms with E-state index in [9.17, 15) is 4.79 Å². The molecule has 23 heavy (non-hydrogen) atoms. The average Bonchev–Trinajstić information content (AvgIpc) is 3.07. The lowest BCUT2D eigenvalue weighted by molar-refractivity contribution is 0.0736. The zero-order valence-corrected chi connectivity index (χ0v) is 13.7. The number of para-hydroxylation sites is 1. The molecule has 1 saturated heterocycles. The molecular formula is C19H23N3O. The second kappa shape index (κ2) is 5.93. The van der Waals surface area contributed by atoms with E-state index < -0.39 is 0 Å². The molecule has 1 aromatic carbocycles. The molecule has 4 nitrogen and oxygen atoms in total. The van der Waals surface area contributed by atoms with Gasteiger partial charge in [0.1, 0.15) is 0 Å². The zero-order valence-electron chi connectivity index (χ0n) is 13.7. The molecule has 1 N–H and O–H groups in total. The van der Waals surface area contributed by atoms with Crippen LogP contribution in [-0.4, -0.2) is 42.0 Å². The lowest BCUT2D eigenvalue weighted by atomic mass is 9.97. The third-order valence-corrected chi connectivity index (χ3v) is 5.13. The first-order valence-corrected chi connectivity index (χ1v) is 8.73. The van der Waals surface area contributed by atoms with E-state index in [4.69, 9.17) is 4.98 Å². The van der Waals surface area contributed by atoms with Gasteiger partial charge in [-0.1, -0.05) is 25.1 Å². The van der Waals surface area contributed by atoms with Crippen molar-refractivity contribution in [2.24, 2.45) is 0 Å². The minimum atomic E-state index is 0.199. The van der Waals surface area contributed by atoms with Crippen molar-refractivity contribution in [3.63, 3.8) is 0 Å². The summed E-state index contributed by atoms with van der Waals surface area (Å²) in [7, 11) is 0. The number of aromatic nitrogens is 1. The number of carbonyl (C=O) groups is 1. The van der Waals surface area contributed by atoms with E-state index in [1.165, 1.54) is 11.1 Å². The molecule has 0 spiro atoms. The smallest absolute Gasteiger partial charge is 0.254 e. The van der Waals surface area contributed by atoms with Gasteiger partial charge < -0.3 is 10.2 Å². The van der Waals surface area contributed by atoms with E-state index in [2.05, 4.69) is 30.4 Å². The van der Waals surface area contributed by atoms with Crippen molar-refractivity contribution in [1.29, 1.82) is 0 Å². The van der Waals surface area contributed by atoms with Gasteiger partial charge in [-0.25, -0.2) is 0 Å². The Morgan fingerprint density at radius 3 is 2.87 bits per heavy atom. The monoisotopic (exact) mass is 309 g/mol. The van der Waals surface area contributed by atoms with E-state index in [1.54, 1.807) is 0 Å². The summed E-state index contributed by atoms with van der Waals surface area (Å²) in [6.45, 7) is 5.52. The van der Waals surface area contributed by atoms with Crippen LogP contribution in [0.1, 0.15) is 40.5 Å². The summed E-state index contributed by atoms with van der Waals surface area (Å²) in [6, 6.07) is 6.28. The molecule has 2 heterocycles. The van der Waals surface area contributed by atoms with Crippen LogP contribution in [-0.2, 0) is 19.3 Å². The maximum Gasteiger partial charge on any atom is 0.254 e. The third-order valence-electron chi connectivity index (χ3n) is 5.13. The molecule has 1 amide bonds. The van der Waals surface area contributed by atoms with Crippen molar-refractivity contribution in [2.75, 3.05) is 26.2 Å². The van der Waals surface area contributed by atoms with Crippen LogP contribution < -0.4 is 5.32 Å². The Balaban J connectivity index is 1.91. The molecule has 1 aliphatic heterocycles. The fraction of sp³-hybridized carbons (Fsp3) is 0.474. The van der Waals surface area contributed by atoms with Crippen LogP contribution in [0.2, 0.25) is 0 Å². The molecule has 1 fully saturated rings. The average molecular weight is 309 g/mol. The Bertz CT molecular complexity index is 763. The van der Waals surface area contributed by atoms with Gasteiger partial charge >= 0.3 is 0 Å². The second-order valence-electron chi connectivity index (χ2n) is 6.47. The van der Waals surface area contributed by atoms with Crippen LogP contribution in [0, 0.1) is 0 Å². The highest BCUT2D eigenvalue weighted by molar-refractivity contribution is 6.08. The summed E-state index contributed by atoms with van der Waals surface area (Å²) in [4.78, 5) is 20.2. The number of nitrogens with zero attached hydrogens (tertiary/aromatic N) is 2. The number of carbonyl (C=O) groups excluding carboxylic acids is 1. The SMILES string of the molecule is CCc1cccc2c(C(=O)N3CCNCC3)c3c(nc12)CCC3. The van der Waals surface area contributed by atoms with Gasteiger partial charge in [0.2, 0.25) is 0 Å². The van der Waals surface area contributed by atoms with E-state index >= 15 is 0 Å². The number of amides is 1. The third kappa shape index (κ3) is 2.41. The number of nitrogens with one attached hydrogen (secondary N) is 1. The van der Waals surface area contributed by atoms with E-state index in [1.807, 2.05) is 4.90 Å². The molecule has 0 radical (unpaired) electrons. The van der Waals surface area contributed by atoms with E-state index in [0.717, 1.165) is 74.0 Å². The number of hydrogen-bond donors (Lipinski definition) is 1. The van der Waals surface area contributed by atoms with Crippen LogP contribution in [0.25, 0.3) is 10.9 Å². The van der Waals surface area contributed by atoms with Crippen molar-refractivity contribution in [2.45, 2.75) is 32.6 Å². The highest BCUT2D eigenvalue weighted by Gasteiger charge is 2.27. The highest BCUT2D eigenvalue weighted by atomic mass is 16.2. The Kier molecular flexibility index (Phi) is 3.77. The first-order valence-electron chi connectivity index (χ1n) is 8.73. The molecule has 4 heteroatoms. The van der Waals surface area contributed by atoms with Crippen LogP contribution in [0.3, 0.4) is 0 Å². The minimum absolute atomic E-state index is 0.199. The Hall–Kier alpha value is -1.94. The van der Waals surface area contributed by atoms with Gasteiger partial charge in [-0.15, -0.1) is 0 Å². The molecule has 2 aromatic rings. The normalized spacial score (nSPS) is 17.5. The quantitative estimate of drug-likeness (QED) is 0.926. The van der Waals surface area contributed by atoms with Crippen molar-refractivity contribution in [3.8, 4) is 0 Å². The van der Waals surface area contributed by atoms with Crippen LogP contribution >= 0.6 is 0 Å². The Labute approximate surface area is 136 Å². The van der Waals surface area contributed by atoms with Gasteiger partial charge in [-0.2, -0.15) is 0 Å². The maximum absolute atomic E-state index is 13.2. The number of benzene rings is 1. The maximum atomic E-state index is 13.2. The van der Waals surface area contributed by atoms with Crippen molar-refractivity contribution in [3.05, 3.63) is 40.6 Å². The number of fused-ring (bicyclic) bond motifs is 2. The summed E-state index contributed by atoms with van der Waals surface area (Å²) < 4.78 is 0. The van der Waals surface area contributed by atoms with Crippen LogP contribution in [0.4, 0.5) is 0 Å². The second-order valence-corrected chi connectivity index (χ2v) is 6.47. The number of piperazine rings is 1. The predicted molar refractivity (Wildman–Crippen MR) is 91.9 cm³/mol. The molecule has 120 valence electrons. The molecule has 1 aliphatic carbocycles. The van der Waals surface area contributed by atoms with E-state index in [0.29, 0.717) is 0 Å². The molecule has 0 unspecified atom stereocenters. The summed E-state index contributed by atoms with van der Waals surface area (Å²) in [5, 5.41) is 4.37. The van der Waals surface area contributed by atoms with Crippen molar-refractivity contribution < 1.29 is 4.79 Å². The van der Waals surface area contributed by atoms with Gasteiger partial charge in [-0.05, 0) is 36.8 Å². The summed E-state index contributed by atoms with van der Waals surface area (Å²) in [5.41, 5.74) is 5.56. The lowest BCUT2D eigenvalue weighted by Gasteiger charge is -2.28. The number of hydrogen-bond acceptors (Lipinski definition) is 3. The summed E-state index contributed by atoms with van der Waals surface area (Å²) in [5.74, 6) is 0.199. The standard InChI is InChI=1S/C19H23N3O/c1-2-13-5-3-7-15-17(19(23)22-11-9-20-10-12-22)14-6-4-8-16(14)21-18(13)15/h3,5,7,20H,2,4,6,8-12H2,1H3. The summed E-state index contributed by atoms with van der Waals surface area (Å²) >= 11 is 0. The zero-order chi connectivity index (χ0) is 15.8. The summed E-state index contributed by atoms with van der Waals surface area (Å²) in [6.07, 6.45) is 4.05. The van der Waals surface area contributed by atoms with Gasteiger partial charge in [-0.3, -0.25) is 9.78 Å². The van der Waals surface area contributed by atoms with E-state index in [-0.39, 0.29) is 5.91 Å². The topological polar surface area (TPSA) is 45.2 Å². The van der Waals surface area contributed by atoms with Gasteiger partial charge in [0.25, 0.3) is 5.91 Å². The molecule has 4 rings (SSSR count). The van der Waals surface area contributed by atoms with Gasteiger partial charge in [0, 0.05) is 37.3 Å². The minimum Gasteiger partial charge on any atom is -0.336 e. The highest BCUT2D eigenvalue weighted by Crippen LogP contribution is 2.32. The van der Waals surface area contributed by atoms with Gasteiger partial charge in [0.05, 0.1) is 11.1 Å². The van der Waals surface area contributed by atoms with Crippen molar-refractivity contribution in [1.82, 2.24) is 15.2 Å².